The average Bonchev–Trinajstić information content (AvgIpc) is 1.80. The van der Waals surface area contributed by atoms with Gasteiger partial charge in [0.15, 0.2) is 0 Å². The van der Waals surface area contributed by atoms with Crippen LogP contribution in [0.2, 0.25) is 19.6 Å². The molecule has 60 valence electrons. The molecule has 0 spiro atoms. The first-order valence-corrected chi connectivity index (χ1v) is 7.00. The minimum absolute atomic E-state index is 0.398. The smallest absolute Gasteiger partial charge is 0.124 e. The Morgan fingerprint density at radius 1 is 1.40 bits per heavy atom. The van der Waals surface area contributed by atoms with Crippen molar-refractivity contribution in [3.63, 3.8) is 0 Å². The van der Waals surface area contributed by atoms with Gasteiger partial charge in [0.25, 0.3) is 0 Å². The van der Waals surface area contributed by atoms with Crippen LogP contribution in [0.15, 0.2) is 0 Å². The van der Waals surface area contributed by atoms with Gasteiger partial charge < -0.3 is 9.53 Å². The van der Waals surface area contributed by atoms with Gasteiger partial charge in [-0.3, -0.25) is 0 Å². The minimum Gasteiger partial charge on any atom is -0.384 e. The van der Waals surface area contributed by atoms with E-state index in [1.54, 1.807) is 7.11 Å². The van der Waals surface area contributed by atoms with Crippen LogP contribution in [-0.2, 0) is 9.53 Å². The molecule has 0 saturated carbocycles. The summed E-state index contributed by atoms with van der Waals surface area (Å²) < 4.78 is 4.81. The molecule has 0 aliphatic rings. The van der Waals surface area contributed by atoms with Crippen LogP contribution in [0, 0.1) is 0 Å². The highest BCUT2D eigenvalue weighted by Gasteiger charge is 2.22. The predicted molar refractivity (Wildman–Crippen MR) is 44.8 cm³/mol. The number of hydrogen-bond acceptors (Lipinski definition) is 2. The normalized spacial score (nSPS) is 11.6. The lowest BCUT2D eigenvalue weighted by atomic mass is 10.5. The first kappa shape index (κ1) is 9.85. The van der Waals surface area contributed by atoms with Crippen molar-refractivity contribution in [1.29, 1.82) is 0 Å². The molecule has 0 bridgehead atoms. The van der Waals surface area contributed by atoms with Crippen molar-refractivity contribution in [3.05, 3.63) is 0 Å². The minimum atomic E-state index is -1.52. The molecular formula is C7H16O2Si. The first-order valence-electron chi connectivity index (χ1n) is 3.50. The summed E-state index contributed by atoms with van der Waals surface area (Å²) >= 11 is 0. The van der Waals surface area contributed by atoms with Crippen LogP contribution in [0.1, 0.15) is 6.42 Å². The number of carbonyl (C=O) groups excluding carboxylic acids is 1. The maximum atomic E-state index is 11.2. The number of carbonyl (C=O) groups is 1. The van der Waals surface area contributed by atoms with Gasteiger partial charge in [-0.05, 0) is 0 Å². The molecule has 0 aliphatic carbocycles. The second kappa shape index (κ2) is 3.88. The summed E-state index contributed by atoms with van der Waals surface area (Å²) in [6, 6.07) is 0. The van der Waals surface area contributed by atoms with E-state index in [1.807, 2.05) is 0 Å². The van der Waals surface area contributed by atoms with Crippen molar-refractivity contribution in [1.82, 2.24) is 0 Å². The summed E-state index contributed by atoms with van der Waals surface area (Å²) in [5.41, 5.74) is 0. The van der Waals surface area contributed by atoms with E-state index in [1.165, 1.54) is 0 Å². The van der Waals surface area contributed by atoms with Gasteiger partial charge in [-0.25, -0.2) is 0 Å². The first-order chi connectivity index (χ1) is 4.48. The second-order valence-corrected chi connectivity index (χ2v) is 8.47. The van der Waals surface area contributed by atoms with E-state index in [-0.39, 0.29) is 0 Å². The molecule has 0 aliphatic heterocycles. The van der Waals surface area contributed by atoms with Crippen LogP contribution in [0.3, 0.4) is 0 Å². The largest absolute Gasteiger partial charge is 0.384 e. The summed E-state index contributed by atoms with van der Waals surface area (Å²) in [4.78, 5) is 11.2. The van der Waals surface area contributed by atoms with Gasteiger partial charge in [0.05, 0.1) is 6.61 Å². The van der Waals surface area contributed by atoms with E-state index in [2.05, 4.69) is 19.6 Å². The van der Waals surface area contributed by atoms with Gasteiger partial charge in [0, 0.05) is 13.5 Å². The summed E-state index contributed by atoms with van der Waals surface area (Å²) in [5, 5.41) is 0.398. The zero-order valence-electron chi connectivity index (χ0n) is 7.23. The quantitative estimate of drug-likeness (QED) is 0.582. The highest BCUT2D eigenvalue weighted by molar-refractivity contribution is 7.03. The molecule has 3 heteroatoms. The van der Waals surface area contributed by atoms with E-state index in [0.717, 1.165) is 0 Å². The van der Waals surface area contributed by atoms with Crippen molar-refractivity contribution >= 4 is 13.5 Å². The maximum Gasteiger partial charge on any atom is 0.124 e. The Balaban J connectivity index is 3.64. The number of rotatable bonds is 4. The average molecular weight is 160 g/mol. The summed E-state index contributed by atoms with van der Waals surface area (Å²) in [6.07, 6.45) is 0.590. The van der Waals surface area contributed by atoms with Gasteiger partial charge >= 0.3 is 0 Å². The summed E-state index contributed by atoms with van der Waals surface area (Å²) in [5.74, 6) is 0. The Bertz CT molecular complexity index is 115. The summed E-state index contributed by atoms with van der Waals surface area (Å²) in [7, 11) is 0.106. The zero-order chi connectivity index (χ0) is 8.20. The van der Waals surface area contributed by atoms with Crippen molar-refractivity contribution in [2.24, 2.45) is 0 Å². The molecule has 0 amide bonds. The maximum absolute atomic E-state index is 11.2. The molecule has 0 heterocycles. The Hall–Kier alpha value is -0.153. The van der Waals surface area contributed by atoms with E-state index >= 15 is 0 Å². The highest BCUT2D eigenvalue weighted by Crippen LogP contribution is 2.04. The summed E-state index contributed by atoms with van der Waals surface area (Å²) in [6.45, 7) is 6.75. The van der Waals surface area contributed by atoms with E-state index < -0.39 is 8.07 Å². The van der Waals surface area contributed by atoms with Gasteiger partial charge in [0.1, 0.15) is 13.5 Å². The standard InChI is InChI=1S/C7H16O2Si/c1-9-6-5-7(8)10(2,3)4/h5-6H2,1-4H3. The van der Waals surface area contributed by atoms with E-state index in [4.69, 9.17) is 4.74 Å². The molecule has 0 radical (unpaired) electrons. The Kier molecular flexibility index (Phi) is 3.82. The molecule has 0 fully saturated rings. The van der Waals surface area contributed by atoms with E-state index in [0.29, 0.717) is 18.4 Å². The monoisotopic (exact) mass is 160 g/mol. The molecule has 0 rings (SSSR count). The fourth-order valence-electron chi connectivity index (χ4n) is 0.570. The lowest BCUT2D eigenvalue weighted by molar-refractivity contribution is -0.113. The van der Waals surface area contributed by atoms with Gasteiger partial charge in [0.2, 0.25) is 0 Å². The molecular weight excluding hydrogens is 144 g/mol. The molecule has 0 unspecified atom stereocenters. The highest BCUT2D eigenvalue weighted by atomic mass is 28.3. The molecule has 2 nitrogen and oxygen atoms in total. The Morgan fingerprint density at radius 2 is 1.90 bits per heavy atom. The number of methoxy groups -OCH3 is 1. The lowest BCUT2D eigenvalue weighted by Crippen LogP contribution is -2.33. The van der Waals surface area contributed by atoms with Crippen LogP contribution in [0.25, 0.3) is 0 Å². The fraction of sp³-hybridized carbons (Fsp3) is 0.857. The van der Waals surface area contributed by atoms with Gasteiger partial charge in [-0.1, -0.05) is 19.6 Å². The van der Waals surface area contributed by atoms with Crippen LogP contribution in [0.5, 0.6) is 0 Å². The second-order valence-electron chi connectivity index (χ2n) is 3.42. The van der Waals surface area contributed by atoms with Crippen LogP contribution in [-0.4, -0.2) is 27.2 Å². The third-order valence-electron chi connectivity index (χ3n) is 1.37. The Morgan fingerprint density at radius 3 is 2.20 bits per heavy atom. The van der Waals surface area contributed by atoms with Crippen molar-refractivity contribution in [2.45, 2.75) is 26.1 Å². The molecule has 0 N–H and O–H groups in total. The SMILES string of the molecule is COCCC(=O)[Si](C)(C)C. The zero-order valence-corrected chi connectivity index (χ0v) is 8.23. The Labute approximate surface area is 63.6 Å². The molecule has 0 saturated heterocycles. The molecule has 0 aromatic rings. The topological polar surface area (TPSA) is 26.3 Å². The van der Waals surface area contributed by atoms with Crippen LogP contribution in [0.4, 0.5) is 0 Å². The third-order valence-corrected chi connectivity index (χ3v) is 3.29. The molecule has 0 aromatic heterocycles. The molecule has 0 aromatic carbocycles. The fourth-order valence-corrected chi connectivity index (χ4v) is 1.42. The molecule has 10 heavy (non-hydrogen) atoms. The number of hydrogen-bond donors (Lipinski definition) is 0. The van der Waals surface area contributed by atoms with Crippen molar-refractivity contribution in [2.75, 3.05) is 13.7 Å². The van der Waals surface area contributed by atoms with Crippen molar-refractivity contribution in [3.8, 4) is 0 Å². The van der Waals surface area contributed by atoms with E-state index in [9.17, 15) is 4.79 Å². The van der Waals surface area contributed by atoms with Crippen LogP contribution >= 0.6 is 0 Å². The van der Waals surface area contributed by atoms with Crippen LogP contribution < -0.4 is 0 Å². The predicted octanol–water partition coefficient (Wildman–Crippen LogP) is 1.47. The van der Waals surface area contributed by atoms with Crippen molar-refractivity contribution < 1.29 is 9.53 Å². The lowest BCUT2D eigenvalue weighted by Gasteiger charge is -2.12. The van der Waals surface area contributed by atoms with Gasteiger partial charge in [-0.2, -0.15) is 0 Å². The molecule has 0 atom stereocenters. The van der Waals surface area contributed by atoms with Gasteiger partial charge in [-0.15, -0.1) is 0 Å². The number of ether oxygens (including phenoxy) is 1. The third kappa shape index (κ3) is 3.79.